The molecule has 1 atom stereocenters. The van der Waals surface area contributed by atoms with Crippen LogP contribution in [0, 0.1) is 6.92 Å². The Labute approximate surface area is 160 Å². The van der Waals surface area contributed by atoms with E-state index in [1.165, 1.54) is 0 Å². The second-order valence-corrected chi connectivity index (χ2v) is 6.36. The Hall–Kier alpha value is -2.37. The van der Waals surface area contributed by atoms with Gasteiger partial charge in [0, 0.05) is 5.56 Å². The molecule has 3 rings (SSSR count). The lowest BCUT2D eigenvalue weighted by atomic mass is 10.0. The molecule has 1 heterocycles. The van der Waals surface area contributed by atoms with Gasteiger partial charge < -0.3 is 16.0 Å². The summed E-state index contributed by atoms with van der Waals surface area (Å²) in [6, 6.07) is 14.5. The molecule has 2 aromatic rings. The quantitative estimate of drug-likeness (QED) is 0.764. The van der Waals surface area contributed by atoms with Gasteiger partial charge in [-0.1, -0.05) is 30.7 Å². The summed E-state index contributed by atoms with van der Waals surface area (Å²) in [5.74, 6) is -0.253. The molecule has 2 aromatic carbocycles. The van der Waals surface area contributed by atoms with Crippen molar-refractivity contribution < 1.29 is 9.59 Å². The van der Waals surface area contributed by atoms with E-state index in [0.717, 1.165) is 31.4 Å². The smallest absolute Gasteiger partial charge is 0.255 e. The predicted octanol–water partition coefficient (Wildman–Crippen LogP) is 3.75. The van der Waals surface area contributed by atoms with Gasteiger partial charge in [-0.15, -0.1) is 12.4 Å². The number of anilines is 2. The summed E-state index contributed by atoms with van der Waals surface area (Å²) in [5.41, 5.74) is 2.82. The third kappa shape index (κ3) is 5.07. The van der Waals surface area contributed by atoms with Crippen LogP contribution < -0.4 is 16.0 Å². The van der Waals surface area contributed by atoms with Gasteiger partial charge in [0.2, 0.25) is 5.91 Å². The van der Waals surface area contributed by atoms with Crippen molar-refractivity contribution in [3.63, 3.8) is 0 Å². The Morgan fingerprint density at radius 1 is 1.00 bits per heavy atom. The van der Waals surface area contributed by atoms with Gasteiger partial charge in [-0.05, 0) is 56.1 Å². The first-order valence-electron chi connectivity index (χ1n) is 8.65. The molecule has 0 aliphatic carbocycles. The summed E-state index contributed by atoms with van der Waals surface area (Å²) in [4.78, 5) is 24.9. The number of piperidine rings is 1. The first kappa shape index (κ1) is 19.9. The van der Waals surface area contributed by atoms with Gasteiger partial charge in [0.1, 0.15) is 0 Å². The minimum Gasteiger partial charge on any atom is -0.323 e. The third-order valence-corrected chi connectivity index (χ3v) is 4.34. The maximum Gasteiger partial charge on any atom is 0.255 e. The van der Waals surface area contributed by atoms with E-state index in [-0.39, 0.29) is 30.3 Å². The first-order chi connectivity index (χ1) is 12.1. The molecule has 1 fully saturated rings. The van der Waals surface area contributed by atoms with Crippen LogP contribution >= 0.6 is 12.4 Å². The number of benzene rings is 2. The molecule has 0 radical (unpaired) electrons. The fourth-order valence-electron chi connectivity index (χ4n) is 2.95. The summed E-state index contributed by atoms with van der Waals surface area (Å²) in [6.45, 7) is 2.82. The van der Waals surface area contributed by atoms with Gasteiger partial charge in [-0.3, -0.25) is 9.59 Å². The zero-order valence-corrected chi connectivity index (χ0v) is 15.6. The topological polar surface area (TPSA) is 70.2 Å². The van der Waals surface area contributed by atoms with Crippen molar-refractivity contribution in [2.75, 3.05) is 17.2 Å². The van der Waals surface area contributed by atoms with Crippen LogP contribution in [-0.4, -0.2) is 24.4 Å². The van der Waals surface area contributed by atoms with Crippen molar-refractivity contribution in [2.24, 2.45) is 0 Å². The number of nitrogens with one attached hydrogen (secondary N) is 3. The molecule has 0 aromatic heterocycles. The number of aryl methyl sites for hydroxylation is 1. The van der Waals surface area contributed by atoms with Crippen LogP contribution in [0.25, 0.3) is 0 Å². The fraction of sp³-hybridized carbons (Fsp3) is 0.300. The van der Waals surface area contributed by atoms with E-state index >= 15 is 0 Å². The van der Waals surface area contributed by atoms with Crippen LogP contribution in [0.15, 0.2) is 48.5 Å². The Balaban J connectivity index is 0.00000243. The molecule has 26 heavy (non-hydrogen) atoms. The van der Waals surface area contributed by atoms with Crippen LogP contribution in [-0.2, 0) is 4.79 Å². The molecule has 6 heteroatoms. The Morgan fingerprint density at radius 2 is 1.77 bits per heavy atom. The number of rotatable bonds is 4. The van der Waals surface area contributed by atoms with Gasteiger partial charge in [-0.25, -0.2) is 0 Å². The second-order valence-electron chi connectivity index (χ2n) is 6.36. The molecule has 1 aliphatic heterocycles. The van der Waals surface area contributed by atoms with E-state index in [9.17, 15) is 9.59 Å². The average molecular weight is 374 g/mol. The molecule has 1 saturated heterocycles. The van der Waals surface area contributed by atoms with Crippen LogP contribution in [0.4, 0.5) is 11.4 Å². The monoisotopic (exact) mass is 373 g/mol. The maximum absolute atomic E-state index is 12.5. The molecule has 5 nitrogen and oxygen atoms in total. The first-order valence-corrected chi connectivity index (χ1v) is 8.65. The molecule has 3 N–H and O–H groups in total. The summed E-state index contributed by atoms with van der Waals surface area (Å²) in [6.07, 6.45) is 2.99. The average Bonchev–Trinajstić information content (AvgIpc) is 2.65. The lowest BCUT2D eigenvalue weighted by Crippen LogP contribution is -2.43. The highest BCUT2D eigenvalue weighted by Crippen LogP contribution is 2.24. The van der Waals surface area contributed by atoms with Crippen LogP contribution in [0.1, 0.15) is 35.2 Å². The molecule has 0 spiro atoms. The number of hydrogen-bond acceptors (Lipinski definition) is 3. The molecule has 0 saturated carbocycles. The zero-order chi connectivity index (χ0) is 17.6. The molecule has 0 unspecified atom stereocenters. The summed E-state index contributed by atoms with van der Waals surface area (Å²) >= 11 is 0. The number of hydrogen-bond donors (Lipinski definition) is 3. The van der Waals surface area contributed by atoms with E-state index < -0.39 is 0 Å². The van der Waals surface area contributed by atoms with E-state index in [1.54, 1.807) is 12.1 Å². The van der Waals surface area contributed by atoms with Gasteiger partial charge in [0.25, 0.3) is 5.91 Å². The molecular weight excluding hydrogens is 350 g/mol. The van der Waals surface area contributed by atoms with Crippen molar-refractivity contribution >= 4 is 35.6 Å². The number of halogens is 1. The Morgan fingerprint density at radius 3 is 2.46 bits per heavy atom. The highest BCUT2D eigenvalue weighted by atomic mass is 35.5. The highest BCUT2D eigenvalue weighted by molar-refractivity contribution is 6.07. The highest BCUT2D eigenvalue weighted by Gasteiger charge is 2.21. The number of amides is 2. The van der Waals surface area contributed by atoms with Gasteiger partial charge in [0.05, 0.1) is 17.4 Å². The molecular formula is C20H24ClN3O2. The molecule has 0 bridgehead atoms. The molecule has 138 valence electrons. The van der Waals surface area contributed by atoms with E-state index in [4.69, 9.17) is 0 Å². The van der Waals surface area contributed by atoms with Crippen molar-refractivity contribution in [1.82, 2.24) is 5.32 Å². The standard InChI is InChI=1S/C20H23N3O2.ClH/c1-14-10-11-16(22-19(24)15-7-3-2-4-8-15)18(13-14)23-20(25)17-9-5-6-12-21-17;/h2-4,7-8,10-11,13,17,21H,5-6,9,12H2,1H3,(H,22,24)(H,23,25);1H/t17-;/m0./s1. The lowest BCUT2D eigenvalue weighted by molar-refractivity contribution is -0.118. The van der Waals surface area contributed by atoms with Crippen LogP contribution in [0.2, 0.25) is 0 Å². The maximum atomic E-state index is 12.5. The SMILES string of the molecule is Cc1ccc(NC(=O)c2ccccc2)c(NC(=O)[C@@H]2CCCCN2)c1.Cl. The number of carbonyl (C=O) groups is 2. The van der Waals surface area contributed by atoms with Gasteiger partial charge >= 0.3 is 0 Å². The summed E-state index contributed by atoms with van der Waals surface area (Å²) < 4.78 is 0. The predicted molar refractivity (Wildman–Crippen MR) is 107 cm³/mol. The van der Waals surface area contributed by atoms with E-state index in [1.807, 2.05) is 43.3 Å². The van der Waals surface area contributed by atoms with Gasteiger partial charge in [-0.2, -0.15) is 0 Å². The van der Waals surface area contributed by atoms with Crippen molar-refractivity contribution in [3.8, 4) is 0 Å². The summed E-state index contributed by atoms with van der Waals surface area (Å²) in [7, 11) is 0. The summed E-state index contributed by atoms with van der Waals surface area (Å²) in [5, 5.41) is 9.09. The van der Waals surface area contributed by atoms with Crippen molar-refractivity contribution in [1.29, 1.82) is 0 Å². The minimum atomic E-state index is -0.198. The normalized spacial score (nSPS) is 16.3. The Kier molecular flexibility index (Phi) is 7.18. The van der Waals surface area contributed by atoms with E-state index in [2.05, 4.69) is 16.0 Å². The van der Waals surface area contributed by atoms with E-state index in [0.29, 0.717) is 16.9 Å². The van der Waals surface area contributed by atoms with Crippen LogP contribution in [0.5, 0.6) is 0 Å². The zero-order valence-electron chi connectivity index (χ0n) is 14.7. The Bertz CT molecular complexity index is 759. The van der Waals surface area contributed by atoms with Gasteiger partial charge in [0.15, 0.2) is 0 Å². The fourth-order valence-corrected chi connectivity index (χ4v) is 2.95. The second kappa shape index (κ2) is 9.36. The lowest BCUT2D eigenvalue weighted by Gasteiger charge is -2.23. The number of carbonyl (C=O) groups excluding carboxylic acids is 2. The molecule has 1 aliphatic rings. The molecule has 2 amide bonds. The third-order valence-electron chi connectivity index (χ3n) is 4.34. The van der Waals surface area contributed by atoms with Crippen molar-refractivity contribution in [3.05, 3.63) is 59.7 Å². The minimum absolute atomic E-state index is 0. The van der Waals surface area contributed by atoms with Crippen molar-refractivity contribution in [2.45, 2.75) is 32.2 Å². The van der Waals surface area contributed by atoms with Crippen LogP contribution in [0.3, 0.4) is 0 Å². The largest absolute Gasteiger partial charge is 0.323 e.